The van der Waals surface area contributed by atoms with E-state index in [0.29, 0.717) is 10.0 Å². The van der Waals surface area contributed by atoms with E-state index >= 15 is 0 Å². The molecule has 2 aromatic carbocycles. The Hall–Kier alpha value is -1.46. The van der Waals surface area contributed by atoms with Gasteiger partial charge in [0.2, 0.25) is 0 Å². The van der Waals surface area contributed by atoms with Crippen LogP contribution in [0, 0.1) is 0 Å². The van der Waals surface area contributed by atoms with Gasteiger partial charge < -0.3 is 10.4 Å². The summed E-state index contributed by atoms with van der Waals surface area (Å²) < 4.78 is 0.563. The van der Waals surface area contributed by atoms with Crippen molar-refractivity contribution in [3.8, 4) is 5.75 Å². The minimum absolute atomic E-state index is 0.0468. The first-order valence-corrected chi connectivity index (χ1v) is 7.56. The molecule has 0 radical (unpaired) electrons. The molecule has 0 bridgehead atoms. The molecule has 0 atom stereocenters. The van der Waals surface area contributed by atoms with Gasteiger partial charge in [-0.3, -0.25) is 4.79 Å². The van der Waals surface area contributed by atoms with Gasteiger partial charge in [0.05, 0.1) is 4.47 Å². The van der Waals surface area contributed by atoms with Gasteiger partial charge >= 0.3 is 0 Å². The lowest BCUT2D eigenvalue weighted by Gasteiger charge is -2.07. The number of aromatic hydroxyl groups is 1. The predicted molar refractivity (Wildman–Crippen MR) is 82.0 cm³/mol. The van der Waals surface area contributed by atoms with E-state index in [9.17, 15) is 9.90 Å². The van der Waals surface area contributed by atoms with Crippen molar-refractivity contribution in [2.75, 3.05) is 11.6 Å². The van der Waals surface area contributed by atoms with Crippen LogP contribution < -0.4 is 5.32 Å². The Morgan fingerprint density at radius 3 is 2.74 bits per heavy atom. The lowest BCUT2D eigenvalue weighted by molar-refractivity contribution is 0.102. The van der Waals surface area contributed by atoms with Crippen molar-refractivity contribution in [1.29, 1.82) is 0 Å². The van der Waals surface area contributed by atoms with Crippen LogP contribution >= 0.6 is 27.7 Å². The summed E-state index contributed by atoms with van der Waals surface area (Å²) in [5, 5.41) is 12.4. The minimum Gasteiger partial charge on any atom is -0.507 e. The van der Waals surface area contributed by atoms with Crippen molar-refractivity contribution in [3.63, 3.8) is 0 Å². The van der Waals surface area contributed by atoms with Gasteiger partial charge in [0.25, 0.3) is 5.91 Å². The number of benzene rings is 2. The maximum atomic E-state index is 12.0. The summed E-state index contributed by atoms with van der Waals surface area (Å²) in [5.74, 6) is -0.202. The first kappa shape index (κ1) is 14.0. The smallest absolute Gasteiger partial charge is 0.255 e. The molecule has 2 aromatic rings. The molecule has 98 valence electrons. The maximum Gasteiger partial charge on any atom is 0.255 e. The SMILES string of the molecule is CSc1cccc(NC(=O)c2ccc(Br)c(O)c2)c1. The fourth-order valence-corrected chi connectivity index (χ4v) is 2.26. The van der Waals surface area contributed by atoms with Crippen molar-refractivity contribution in [2.45, 2.75) is 4.90 Å². The van der Waals surface area contributed by atoms with Crippen molar-refractivity contribution in [2.24, 2.45) is 0 Å². The van der Waals surface area contributed by atoms with Crippen LogP contribution in [-0.4, -0.2) is 17.3 Å². The van der Waals surface area contributed by atoms with E-state index in [2.05, 4.69) is 21.2 Å². The highest BCUT2D eigenvalue weighted by molar-refractivity contribution is 9.10. The average molecular weight is 338 g/mol. The Kier molecular flexibility index (Phi) is 4.50. The largest absolute Gasteiger partial charge is 0.507 e. The fraction of sp³-hybridized carbons (Fsp3) is 0.0714. The van der Waals surface area contributed by atoms with Gasteiger partial charge in [0.15, 0.2) is 0 Å². The predicted octanol–water partition coefficient (Wildman–Crippen LogP) is 4.13. The molecule has 5 heteroatoms. The number of rotatable bonds is 3. The van der Waals surface area contributed by atoms with Crippen LogP contribution in [0.4, 0.5) is 5.69 Å². The minimum atomic E-state index is -0.249. The second-order valence-corrected chi connectivity index (χ2v) is 5.59. The van der Waals surface area contributed by atoms with Crippen molar-refractivity contribution < 1.29 is 9.90 Å². The zero-order valence-electron chi connectivity index (χ0n) is 10.2. The molecule has 0 aromatic heterocycles. The number of carbonyl (C=O) groups excluding carboxylic acids is 1. The van der Waals surface area contributed by atoms with Crippen LogP contribution in [0.2, 0.25) is 0 Å². The van der Waals surface area contributed by atoms with Crippen molar-refractivity contribution in [3.05, 3.63) is 52.5 Å². The van der Waals surface area contributed by atoms with Crippen LogP contribution in [0.3, 0.4) is 0 Å². The third kappa shape index (κ3) is 3.52. The van der Waals surface area contributed by atoms with E-state index in [1.165, 1.54) is 6.07 Å². The van der Waals surface area contributed by atoms with Gasteiger partial charge in [0, 0.05) is 16.1 Å². The van der Waals surface area contributed by atoms with E-state index < -0.39 is 0 Å². The number of halogens is 1. The molecule has 19 heavy (non-hydrogen) atoms. The van der Waals surface area contributed by atoms with E-state index in [1.54, 1.807) is 23.9 Å². The molecule has 0 heterocycles. The highest BCUT2D eigenvalue weighted by Crippen LogP contribution is 2.25. The summed E-state index contributed by atoms with van der Waals surface area (Å²) in [4.78, 5) is 13.1. The highest BCUT2D eigenvalue weighted by Gasteiger charge is 2.08. The fourth-order valence-electron chi connectivity index (χ4n) is 1.56. The molecule has 0 spiro atoms. The molecule has 0 aliphatic rings. The molecule has 2 rings (SSSR count). The number of hydrogen-bond acceptors (Lipinski definition) is 3. The van der Waals surface area contributed by atoms with Crippen LogP contribution in [0.1, 0.15) is 10.4 Å². The highest BCUT2D eigenvalue weighted by atomic mass is 79.9. The zero-order valence-corrected chi connectivity index (χ0v) is 12.6. The van der Waals surface area contributed by atoms with Crippen molar-refractivity contribution >= 4 is 39.3 Å². The first-order chi connectivity index (χ1) is 9.10. The van der Waals surface area contributed by atoms with Gasteiger partial charge in [-0.25, -0.2) is 0 Å². The standard InChI is InChI=1S/C14H12BrNO2S/c1-19-11-4-2-3-10(8-11)16-14(18)9-5-6-12(15)13(17)7-9/h2-8,17H,1H3,(H,16,18). The van der Waals surface area contributed by atoms with Crippen LogP contribution in [0.25, 0.3) is 0 Å². The van der Waals surface area contributed by atoms with Crippen molar-refractivity contribution in [1.82, 2.24) is 0 Å². The molecular weight excluding hydrogens is 326 g/mol. The molecule has 0 saturated heterocycles. The third-order valence-electron chi connectivity index (χ3n) is 2.54. The van der Waals surface area contributed by atoms with Crippen LogP contribution in [-0.2, 0) is 0 Å². The summed E-state index contributed by atoms with van der Waals surface area (Å²) in [6.45, 7) is 0. The zero-order chi connectivity index (χ0) is 13.8. The van der Waals surface area contributed by atoms with E-state index in [-0.39, 0.29) is 11.7 Å². The van der Waals surface area contributed by atoms with Crippen LogP contribution in [0.15, 0.2) is 51.8 Å². The van der Waals surface area contributed by atoms with Crippen LogP contribution in [0.5, 0.6) is 5.75 Å². The molecule has 2 N–H and O–H groups in total. The lowest BCUT2D eigenvalue weighted by atomic mass is 10.2. The maximum absolute atomic E-state index is 12.0. The molecule has 0 aliphatic heterocycles. The molecule has 0 aliphatic carbocycles. The number of amides is 1. The number of hydrogen-bond donors (Lipinski definition) is 2. The number of nitrogens with one attached hydrogen (secondary N) is 1. The Morgan fingerprint density at radius 2 is 2.05 bits per heavy atom. The number of carbonyl (C=O) groups is 1. The molecule has 0 fully saturated rings. The van der Waals surface area contributed by atoms with Gasteiger partial charge in [-0.05, 0) is 58.6 Å². The number of thioether (sulfide) groups is 1. The average Bonchev–Trinajstić information content (AvgIpc) is 2.42. The van der Waals surface area contributed by atoms with Gasteiger partial charge in [-0.2, -0.15) is 0 Å². The summed E-state index contributed by atoms with van der Waals surface area (Å²) in [5.41, 5.74) is 1.15. The number of phenolic OH excluding ortho intramolecular Hbond substituents is 1. The molecule has 0 saturated carbocycles. The third-order valence-corrected chi connectivity index (χ3v) is 3.93. The Labute approximate surface area is 124 Å². The second kappa shape index (κ2) is 6.12. The molecular formula is C14H12BrNO2S. The number of anilines is 1. The van der Waals surface area contributed by atoms with E-state index in [1.807, 2.05) is 30.5 Å². The lowest BCUT2D eigenvalue weighted by Crippen LogP contribution is -2.11. The van der Waals surface area contributed by atoms with E-state index in [4.69, 9.17) is 0 Å². The Balaban J connectivity index is 2.18. The van der Waals surface area contributed by atoms with E-state index in [0.717, 1.165) is 10.6 Å². The Morgan fingerprint density at radius 1 is 1.26 bits per heavy atom. The quantitative estimate of drug-likeness (QED) is 0.828. The normalized spacial score (nSPS) is 10.2. The van der Waals surface area contributed by atoms with Gasteiger partial charge in [0.1, 0.15) is 5.75 Å². The number of phenols is 1. The first-order valence-electron chi connectivity index (χ1n) is 5.54. The summed E-state index contributed by atoms with van der Waals surface area (Å²) in [6.07, 6.45) is 1.98. The van der Waals surface area contributed by atoms with Gasteiger partial charge in [-0.15, -0.1) is 11.8 Å². The molecule has 1 amide bonds. The monoisotopic (exact) mass is 337 g/mol. The van der Waals surface area contributed by atoms with Gasteiger partial charge in [-0.1, -0.05) is 6.07 Å². The summed E-state index contributed by atoms with van der Waals surface area (Å²) in [6, 6.07) is 12.3. The molecule has 3 nitrogen and oxygen atoms in total. The molecule has 0 unspecified atom stereocenters. The topological polar surface area (TPSA) is 49.3 Å². The second-order valence-electron chi connectivity index (χ2n) is 3.85. The Bertz CT molecular complexity index is 616. The summed E-state index contributed by atoms with van der Waals surface area (Å²) in [7, 11) is 0. The summed E-state index contributed by atoms with van der Waals surface area (Å²) >= 11 is 4.79.